The van der Waals surface area contributed by atoms with Gasteiger partial charge in [0.05, 0.1) is 0 Å². The summed E-state index contributed by atoms with van der Waals surface area (Å²) in [5.41, 5.74) is 4.16. The highest BCUT2D eigenvalue weighted by Crippen LogP contribution is 2.11. The van der Waals surface area contributed by atoms with Crippen molar-refractivity contribution in [1.82, 2.24) is 5.32 Å². The minimum atomic E-state index is -0.0697. The van der Waals surface area contributed by atoms with E-state index >= 15 is 0 Å². The molecule has 0 saturated heterocycles. The fraction of sp³-hybridized carbons (Fsp3) is 0.278. The molecule has 0 spiro atoms. The van der Waals surface area contributed by atoms with Crippen LogP contribution in [0.3, 0.4) is 0 Å². The molecule has 3 heteroatoms. The number of hydrogen-bond acceptors (Lipinski definition) is 1. The summed E-state index contributed by atoms with van der Waals surface area (Å²) >= 11 is 5.99. The van der Waals surface area contributed by atoms with Crippen LogP contribution in [0.1, 0.15) is 27.0 Å². The average molecular weight is 302 g/mol. The van der Waals surface area contributed by atoms with Gasteiger partial charge in [-0.2, -0.15) is 0 Å². The van der Waals surface area contributed by atoms with Gasteiger partial charge in [0, 0.05) is 17.5 Å². The van der Waals surface area contributed by atoms with Crippen LogP contribution < -0.4 is 5.32 Å². The van der Waals surface area contributed by atoms with Gasteiger partial charge in [0.25, 0.3) is 5.91 Å². The SMILES string of the molecule is Cc1ccc(C(=O)N[C@H](CCl)Cc2ccccc2)cc1C. The molecule has 0 radical (unpaired) electrons. The molecule has 2 aromatic carbocycles. The maximum absolute atomic E-state index is 12.3. The smallest absolute Gasteiger partial charge is 0.251 e. The van der Waals surface area contributed by atoms with E-state index in [1.54, 1.807) is 0 Å². The van der Waals surface area contributed by atoms with Crippen molar-refractivity contribution in [2.24, 2.45) is 0 Å². The fourth-order valence-electron chi connectivity index (χ4n) is 2.19. The monoisotopic (exact) mass is 301 g/mol. The molecular weight excluding hydrogens is 282 g/mol. The van der Waals surface area contributed by atoms with Gasteiger partial charge in [-0.3, -0.25) is 4.79 Å². The van der Waals surface area contributed by atoms with Gasteiger partial charge in [-0.05, 0) is 49.1 Å². The lowest BCUT2D eigenvalue weighted by Gasteiger charge is -2.16. The molecule has 0 aliphatic carbocycles. The highest BCUT2D eigenvalue weighted by atomic mass is 35.5. The van der Waals surface area contributed by atoms with Crippen molar-refractivity contribution in [2.45, 2.75) is 26.3 Å². The van der Waals surface area contributed by atoms with Gasteiger partial charge in [-0.25, -0.2) is 0 Å². The third-order valence-corrected chi connectivity index (χ3v) is 3.99. The minimum absolute atomic E-state index is 0.0665. The molecule has 0 aromatic heterocycles. The third kappa shape index (κ3) is 4.33. The van der Waals surface area contributed by atoms with Gasteiger partial charge >= 0.3 is 0 Å². The number of halogens is 1. The molecule has 0 aliphatic heterocycles. The summed E-state index contributed by atoms with van der Waals surface area (Å²) in [6.07, 6.45) is 0.737. The molecule has 110 valence electrons. The number of nitrogens with one attached hydrogen (secondary N) is 1. The van der Waals surface area contributed by atoms with Gasteiger partial charge in [0.2, 0.25) is 0 Å². The first-order valence-corrected chi connectivity index (χ1v) is 7.61. The topological polar surface area (TPSA) is 29.1 Å². The number of rotatable bonds is 5. The molecule has 0 saturated carbocycles. The van der Waals surface area contributed by atoms with Crippen LogP contribution in [0.15, 0.2) is 48.5 Å². The predicted octanol–water partition coefficient (Wildman–Crippen LogP) is 3.88. The second-order valence-corrected chi connectivity index (χ2v) is 5.62. The van der Waals surface area contributed by atoms with Crippen LogP contribution >= 0.6 is 11.6 Å². The van der Waals surface area contributed by atoms with E-state index in [2.05, 4.69) is 5.32 Å². The molecule has 1 atom stereocenters. The molecule has 0 unspecified atom stereocenters. The van der Waals surface area contributed by atoms with Crippen molar-refractivity contribution in [2.75, 3.05) is 5.88 Å². The van der Waals surface area contributed by atoms with Crippen molar-refractivity contribution in [1.29, 1.82) is 0 Å². The zero-order valence-electron chi connectivity index (χ0n) is 12.4. The predicted molar refractivity (Wildman–Crippen MR) is 88.0 cm³/mol. The first kappa shape index (κ1) is 15.6. The summed E-state index contributed by atoms with van der Waals surface area (Å²) in [7, 11) is 0. The van der Waals surface area contributed by atoms with E-state index in [1.807, 2.05) is 62.4 Å². The molecule has 1 amide bonds. The number of carbonyl (C=O) groups is 1. The Hall–Kier alpha value is -1.80. The van der Waals surface area contributed by atoms with E-state index in [9.17, 15) is 4.79 Å². The summed E-state index contributed by atoms with van der Waals surface area (Å²) in [5.74, 6) is 0.325. The second-order valence-electron chi connectivity index (χ2n) is 5.31. The number of aryl methyl sites for hydroxylation is 2. The van der Waals surface area contributed by atoms with E-state index in [4.69, 9.17) is 11.6 Å². The van der Waals surface area contributed by atoms with Crippen LogP contribution in [-0.4, -0.2) is 17.8 Å². The van der Waals surface area contributed by atoms with Crippen LogP contribution in [0, 0.1) is 13.8 Å². The zero-order chi connectivity index (χ0) is 15.2. The molecular formula is C18H20ClNO. The summed E-state index contributed by atoms with van der Waals surface area (Å²) in [6.45, 7) is 4.04. The first-order valence-electron chi connectivity index (χ1n) is 7.08. The van der Waals surface area contributed by atoms with Gasteiger partial charge in [0.1, 0.15) is 0 Å². The number of amides is 1. The molecule has 0 fully saturated rings. The lowest BCUT2D eigenvalue weighted by molar-refractivity contribution is 0.0940. The summed E-state index contributed by atoms with van der Waals surface area (Å²) in [5, 5.41) is 3.01. The third-order valence-electron chi connectivity index (χ3n) is 3.62. The second kappa shape index (κ2) is 7.28. The quantitative estimate of drug-likeness (QED) is 0.834. The normalized spacial score (nSPS) is 12.0. The molecule has 21 heavy (non-hydrogen) atoms. The van der Waals surface area contributed by atoms with E-state index in [-0.39, 0.29) is 11.9 Å². The van der Waals surface area contributed by atoms with Crippen molar-refractivity contribution in [3.05, 3.63) is 70.8 Å². The van der Waals surface area contributed by atoms with E-state index < -0.39 is 0 Å². The number of alkyl halides is 1. The average Bonchev–Trinajstić information content (AvgIpc) is 2.50. The van der Waals surface area contributed by atoms with Gasteiger partial charge in [-0.1, -0.05) is 36.4 Å². The van der Waals surface area contributed by atoms with Crippen LogP contribution in [0.4, 0.5) is 0 Å². The molecule has 0 bridgehead atoms. The largest absolute Gasteiger partial charge is 0.348 e. The molecule has 0 aliphatic rings. The van der Waals surface area contributed by atoms with Gasteiger partial charge < -0.3 is 5.32 Å². The highest BCUT2D eigenvalue weighted by molar-refractivity contribution is 6.18. The Kier molecular flexibility index (Phi) is 5.40. The van der Waals surface area contributed by atoms with Crippen LogP contribution in [0.5, 0.6) is 0 Å². The Bertz CT molecular complexity index is 610. The molecule has 2 aromatic rings. The Balaban J connectivity index is 2.04. The van der Waals surface area contributed by atoms with E-state index in [0.717, 1.165) is 12.0 Å². The Morgan fingerprint density at radius 3 is 2.43 bits per heavy atom. The highest BCUT2D eigenvalue weighted by Gasteiger charge is 2.14. The molecule has 1 N–H and O–H groups in total. The number of carbonyl (C=O) groups excluding carboxylic acids is 1. The van der Waals surface area contributed by atoms with Crippen molar-refractivity contribution >= 4 is 17.5 Å². The summed E-state index contributed by atoms with van der Waals surface area (Å²) in [4.78, 5) is 12.3. The molecule has 0 heterocycles. The number of benzene rings is 2. The Morgan fingerprint density at radius 2 is 1.81 bits per heavy atom. The van der Waals surface area contributed by atoms with E-state index in [1.165, 1.54) is 11.1 Å². The maximum Gasteiger partial charge on any atom is 0.251 e. The summed E-state index contributed by atoms with van der Waals surface area (Å²) in [6, 6.07) is 15.7. The molecule has 2 rings (SSSR count). The fourth-order valence-corrected chi connectivity index (χ4v) is 2.38. The van der Waals surface area contributed by atoms with Gasteiger partial charge in [-0.15, -0.1) is 11.6 Å². The zero-order valence-corrected chi connectivity index (χ0v) is 13.2. The van der Waals surface area contributed by atoms with Crippen LogP contribution in [0.25, 0.3) is 0 Å². The van der Waals surface area contributed by atoms with Crippen LogP contribution in [-0.2, 0) is 6.42 Å². The lowest BCUT2D eigenvalue weighted by Crippen LogP contribution is -2.37. The maximum atomic E-state index is 12.3. The van der Waals surface area contributed by atoms with Gasteiger partial charge in [0.15, 0.2) is 0 Å². The van der Waals surface area contributed by atoms with Crippen molar-refractivity contribution in [3.8, 4) is 0 Å². The van der Waals surface area contributed by atoms with Crippen LogP contribution in [0.2, 0.25) is 0 Å². The van der Waals surface area contributed by atoms with E-state index in [0.29, 0.717) is 11.4 Å². The van der Waals surface area contributed by atoms with Crippen molar-refractivity contribution in [3.63, 3.8) is 0 Å². The first-order chi connectivity index (χ1) is 10.1. The molecule has 2 nitrogen and oxygen atoms in total. The standard InChI is InChI=1S/C18H20ClNO/c1-13-8-9-16(10-14(13)2)18(21)20-17(12-19)11-15-6-4-3-5-7-15/h3-10,17H,11-12H2,1-2H3,(H,20,21)/t17-/m0/s1. The Morgan fingerprint density at radius 1 is 1.10 bits per heavy atom. The lowest BCUT2D eigenvalue weighted by atomic mass is 10.0. The Labute approximate surface area is 131 Å². The van der Waals surface area contributed by atoms with Crippen molar-refractivity contribution < 1.29 is 4.79 Å². The number of hydrogen-bond donors (Lipinski definition) is 1. The minimum Gasteiger partial charge on any atom is -0.348 e. The summed E-state index contributed by atoms with van der Waals surface area (Å²) < 4.78 is 0.